The molecule has 78 valence electrons. The van der Waals surface area contributed by atoms with Gasteiger partial charge in [-0.1, -0.05) is 13.8 Å². The molecule has 0 aromatic carbocycles. The lowest BCUT2D eigenvalue weighted by Gasteiger charge is -2.28. The Morgan fingerprint density at radius 2 is 2.14 bits per heavy atom. The highest BCUT2D eigenvalue weighted by molar-refractivity contribution is 5.95. The van der Waals surface area contributed by atoms with Crippen molar-refractivity contribution in [3.8, 4) is 0 Å². The second kappa shape index (κ2) is 3.26. The Bertz CT molecular complexity index is 251. The van der Waals surface area contributed by atoms with Crippen molar-refractivity contribution in [2.24, 2.45) is 11.8 Å². The molecule has 2 atom stereocenters. The fourth-order valence-corrected chi connectivity index (χ4v) is 2.26. The number of amides is 2. The summed E-state index contributed by atoms with van der Waals surface area (Å²) in [6.07, 6.45) is 0.829. The second-order valence-corrected chi connectivity index (χ2v) is 4.52. The summed E-state index contributed by atoms with van der Waals surface area (Å²) in [4.78, 5) is 24.7. The van der Waals surface area contributed by atoms with E-state index < -0.39 is 0 Å². The van der Waals surface area contributed by atoms with E-state index in [1.807, 2.05) is 0 Å². The van der Waals surface area contributed by atoms with Crippen LogP contribution in [0.3, 0.4) is 0 Å². The highest BCUT2D eigenvalue weighted by atomic mass is 16.2. The molecular formula is C10H16N2O2. The van der Waals surface area contributed by atoms with Crippen molar-refractivity contribution < 1.29 is 9.59 Å². The van der Waals surface area contributed by atoms with E-state index in [9.17, 15) is 9.59 Å². The Morgan fingerprint density at radius 1 is 1.43 bits per heavy atom. The van der Waals surface area contributed by atoms with E-state index in [1.54, 1.807) is 4.90 Å². The highest BCUT2D eigenvalue weighted by Crippen LogP contribution is 2.30. The van der Waals surface area contributed by atoms with Crippen LogP contribution in [0.5, 0.6) is 0 Å². The van der Waals surface area contributed by atoms with E-state index in [-0.39, 0.29) is 24.4 Å². The summed E-state index contributed by atoms with van der Waals surface area (Å²) >= 11 is 0. The Balaban J connectivity index is 2.14. The predicted molar refractivity (Wildman–Crippen MR) is 51.5 cm³/mol. The van der Waals surface area contributed by atoms with E-state index in [0.29, 0.717) is 11.8 Å². The first-order chi connectivity index (χ1) is 6.59. The maximum Gasteiger partial charge on any atom is 0.243 e. The van der Waals surface area contributed by atoms with Crippen LogP contribution in [0.15, 0.2) is 0 Å². The second-order valence-electron chi connectivity index (χ2n) is 4.52. The molecule has 2 aliphatic heterocycles. The third-order valence-electron chi connectivity index (χ3n) is 3.31. The van der Waals surface area contributed by atoms with Gasteiger partial charge in [-0.15, -0.1) is 0 Å². The molecule has 0 saturated carbocycles. The molecule has 2 rings (SSSR count). The first kappa shape index (κ1) is 9.49. The molecule has 1 unspecified atom stereocenters. The zero-order chi connectivity index (χ0) is 10.3. The molecule has 14 heavy (non-hydrogen) atoms. The van der Waals surface area contributed by atoms with Crippen molar-refractivity contribution in [2.45, 2.75) is 26.3 Å². The number of nitrogens with zero attached hydrogens (tertiary/aromatic N) is 1. The van der Waals surface area contributed by atoms with Crippen LogP contribution in [-0.2, 0) is 9.59 Å². The maximum atomic E-state index is 11.5. The van der Waals surface area contributed by atoms with E-state index in [4.69, 9.17) is 0 Å². The number of hydrogen-bond donors (Lipinski definition) is 1. The van der Waals surface area contributed by atoms with Gasteiger partial charge >= 0.3 is 0 Å². The number of hydrogen-bond acceptors (Lipinski definition) is 2. The standard InChI is InChI=1S/C10H16N2O2/c1-6(2)7-3-8-10(14)11-4-9(13)12(8)5-7/h6-8H,3-5H2,1-2H3,(H,11,14)/t7?,8-/m0/s1. The third-order valence-corrected chi connectivity index (χ3v) is 3.31. The van der Waals surface area contributed by atoms with Crippen LogP contribution in [0.1, 0.15) is 20.3 Å². The van der Waals surface area contributed by atoms with Crippen LogP contribution in [0.25, 0.3) is 0 Å². The van der Waals surface area contributed by atoms with Gasteiger partial charge in [0, 0.05) is 6.54 Å². The molecule has 2 heterocycles. The summed E-state index contributed by atoms with van der Waals surface area (Å²) in [5.41, 5.74) is 0. The van der Waals surface area contributed by atoms with Crippen molar-refractivity contribution >= 4 is 11.8 Å². The van der Waals surface area contributed by atoms with Crippen LogP contribution in [0.4, 0.5) is 0 Å². The summed E-state index contributed by atoms with van der Waals surface area (Å²) in [6, 6.07) is -0.191. The van der Waals surface area contributed by atoms with Crippen LogP contribution in [0, 0.1) is 11.8 Å². The monoisotopic (exact) mass is 196 g/mol. The van der Waals surface area contributed by atoms with Gasteiger partial charge in [0.15, 0.2) is 0 Å². The quantitative estimate of drug-likeness (QED) is 0.641. The van der Waals surface area contributed by atoms with Crippen LogP contribution in [0.2, 0.25) is 0 Å². The number of fused-ring (bicyclic) bond motifs is 1. The van der Waals surface area contributed by atoms with Gasteiger partial charge in [-0.05, 0) is 18.3 Å². The molecule has 2 aliphatic rings. The average Bonchev–Trinajstić information content (AvgIpc) is 2.57. The third kappa shape index (κ3) is 1.38. The van der Waals surface area contributed by atoms with Gasteiger partial charge in [0.25, 0.3) is 0 Å². The van der Waals surface area contributed by atoms with Gasteiger partial charge in [0.1, 0.15) is 6.04 Å². The fourth-order valence-electron chi connectivity index (χ4n) is 2.26. The van der Waals surface area contributed by atoms with Crippen molar-refractivity contribution in [3.05, 3.63) is 0 Å². The summed E-state index contributed by atoms with van der Waals surface area (Å²) in [5, 5.41) is 2.63. The summed E-state index contributed by atoms with van der Waals surface area (Å²) < 4.78 is 0. The minimum absolute atomic E-state index is 0.0211. The summed E-state index contributed by atoms with van der Waals surface area (Å²) in [6.45, 7) is 5.23. The predicted octanol–water partition coefficient (Wildman–Crippen LogP) is -0.0107. The van der Waals surface area contributed by atoms with Crippen LogP contribution < -0.4 is 5.32 Å². The van der Waals surface area contributed by atoms with Gasteiger partial charge in [-0.25, -0.2) is 0 Å². The van der Waals surface area contributed by atoms with Crippen molar-refractivity contribution in [1.82, 2.24) is 10.2 Å². The van der Waals surface area contributed by atoms with E-state index in [0.717, 1.165) is 13.0 Å². The fraction of sp³-hybridized carbons (Fsp3) is 0.800. The largest absolute Gasteiger partial charge is 0.345 e. The van der Waals surface area contributed by atoms with Crippen molar-refractivity contribution in [3.63, 3.8) is 0 Å². The Hall–Kier alpha value is -1.06. The zero-order valence-corrected chi connectivity index (χ0v) is 8.62. The minimum atomic E-state index is -0.191. The maximum absolute atomic E-state index is 11.5. The number of piperazine rings is 1. The Kier molecular flexibility index (Phi) is 2.21. The van der Waals surface area contributed by atoms with E-state index in [1.165, 1.54) is 0 Å². The molecule has 0 aromatic rings. The van der Waals surface area contributed by atoms with E-state index in [2.05, 4.69) is 19.2 Å². The minimum Gasteiger partial charge on any atom is -0.345 e. The van der Waals surface area contributed by atoms with E-state index >= 15 is 0 Å². The molecule has 0 bridgehead atoms. The topological polar surface area (TPSA) is 49.4 Å². The SMILES string of the molecule is CC(C)C1C[C@H]2C(=O)NCC(=O)N2C1. The normalized spacial score (nSPS) is 32.1. The van der Waals surface area contributed by atoms with Gasteiger partial charge in [0.2, 0.25) is 11.8 Å². The summed E-state index contributed by atoms with van der Waals surface area (Å²) in [7, 11) is 0. The molecule has 4 heteroatoms. The van der Waals surface area contributed by atoms with Crippen molar-refractivity contribution in [2.75, 3.05) is 13.1 Å². The number of nitrogens with one attached hydrogen (secondary N) is 1. The summed E-state index contributed by atoms with van der Waals surface area (Å²) in [5.74, 6) is 1.11. The first-order valence-electron chi connectivity index (χ1n) is 5.16. The molecule has 2 amide bonds. The van der Waals surface area contributed by atoms with Crippen LogP contribution >= 0.6 is 0 Å². The molecule has 0 spiro atoms. The lowest BCUT2D eigenvalue weighted by atomic mass is 9.93. The molecule has 0 radical (unpaired) electrons. The van der Waals surface area contributed by atoms with Crippen molar-refractivity contribution in [1.29, 1.82) is 0 Å². The number of carbonyl (C=O) groups is 2. The molecule has 2 fully saturated rings. The lowest BCUT2D eigenvalue weighted by molar-refractivity contribution is -0.143. The number of carbonyl (C=O) groups excluding carboxylic acids is 2. The van der Waals surface area contributed by atoms with Crippen LogP contribution in [-0.4, -0.2) is 35.8 Å². The smallest absolute Gasteiger partial charge is 0.243 e. The average molecular weight is 196 g/mol. The first-order valence-corrected chi connectivity index (χ1v) is 5.16. The van der Waals surface area contributed by atoms with Gasteiger partial charge in [-0.3, -0.25) is 9.59 Å². The molecular weight excluding hydrogens is 180 g/mol. The molecule has 4 nitrogen and oxygen atoms in total. The lowest BCUT2D eigenvalue weighted by Crippen LogP contribution is -2.55. The molecule has 1 N–H and O–H groups in total. The Morgan fingerprint density at radius 3 is 2.71 bits per heavy atom. The number of rotatable bonds is 1. The molecule has 0 aromatic heterocycles. The Labute approximate surface area is 83.6 Å². The van der Waals surface area contributed by atoms with Gasteiger partial charge in [0.05, 0.1) is 6.54 Å². The van der Waals surface area contributed by atoms with Gasteiger partial charge in [-0.2, -0.15) is 0 Å². The molecule has 0 aliphatic carbocycles. The zero-order valence-electron chi connectivity index (χ0n) is 8.62. The van der Waals surface area contributed by atoms with Gasteiger partial charge < -0.3 is 10.2 Å². The highest BCUT2D eigenvalue weighted by Gasteiger charge is 2.42. The molecule has 2 saturated heterocycles.